The Morgan fingerprint density at radius 3 is 2.67 bits per heavy atom. The molecule has 100 valence electrons. The Kier molecular flexibility index (Phi) is 5.24. The fourth-order valence-electron chi connectivity index (χ4n) is 1.49. The van der Waals surface area contributed by atoms with Crippen molar-refractivity contribution in [2.45, 2.75) is 26.8 Å². The summed E-state index contributed by atoms with van der Waals surface area (Å²) in [6.45, 7) is 4.08. The van der Waals surface area contributed by atoms with E-state index in [2.05, 4.69) is 10.3 Å². The minimum atomic E-state index is -0.990. The maximum Gasteiger partial charge on any atom is 0.347 e. The molecule has 0 bridgehead atoms. The van der Waals surface area contributed by atoms with E-state index in [0.29, 0.717) is 23.7 Å². The van der Waals surface area contributed by atoms with Crippen molar-refractivity contribution in [3.05, 3.63) is 15.6 Å². The summed E-state index contributed by atoms with van der Waals surface area (Å²) in [7, 11) is 0. The van der Waals surface area contributed by atoms with Gasteiger partial charge < -0.3 is 16.2 Å². The van der Waals surface area contributed by atoms with Crippen molar-refractivity contribution in [1.82, 2.24) is 10.3 Å². The molecule has 0 saturated heterocycles. The fourth-order valence-corrected chi connectivity index (χ4v) is 2.34. The minimum absolute atomic E-state index is 0.121. The van der Waals surface area contributed by atoms with Gasteiger partial charge in [-0.3, -0.25) is 4.79 Å². The number of hydrogen-bond donors (Lipinski definition) is 3. The Labute approximate surface area is 109 Å². The average Bonchev–Trinajstić information content (AvgIpc) is 2.69. The summed E-state index contributed by atoms with van der Waals surface area (Å²) in [5.41, 5.74) is 5.94. The summed E-state index contributed by atoms with van der Waals surface area (Å²) in [4.78, 5) is 26.8. The fraction of sp³-hybridized carbons (Fsp3) is 0.545. The molecule has 0 aliphatic rings. The van der Waals surface area contributed by atoms with Crippen molar-refractivity contribution < 1.29 is 14.7 Å². The Balaban J connectivity index is 2.61. The number of thiazole rings is 1. The highest BCUT2D eigenvalue weighted by atomic mass is 32.1. The van der Waals surface area contributed by atoms with Crippen molar-refractivity contribution in [2.24, 2.45) is 11.7 Å². The van der Waals surface area contributed by atoms with Crippen LogP contribution in [0.4, 0.5) is 0 Å². The zero-order valence-electron chi connectivity index (χ0n) is 10.4. The molecule has 0 aromatic carbocycles. The van der Waals surface area contributed by atoms with Crippen LogP contribution < -0.4 is 11.1 Å². The SMILES string of the molecule is CCC(CN)C(=O)NCc1nc(C)c(C(=O)O)s1. The van der Waals surface area contributed by atoms with E-state index in [1.54, 1.807) is 6.92 Å². The highest BCUT2D eigenvalue weighted by molar-refractivity contribution is 7.13. The van der Waals surface area contributed by atoms with E-state index < -0.39 is 5.97 Å². The third kappa shape index (κ3) is 3.51. The van der Waals surface area contributed by atoms with Gasteiger partial charge in [-0.1, -0.05) is 6.92 Å². The topological polar surface area (TPSA) is 105 Å². The Hall–Kier alpha value is -1.47. The monoisotopic (exact) mass is 271 g/mol. The second kappa shape index (κ2) is 6.46. The van der Waals surface area contributed by atoms with Gasteiger partial charge >= 0.3 is 5.97 Å². The third-order valence-corrected chi connectivity index (χ3v) is 3.74. The van der Waals surface area contributed by atoms with Gasteiger partial charge in [-0.25, -0.2) is 9.78 Å². The number of aromatic carboxylic acids is 1. The maximum absolute atomic E-state index is 11.7. The number of rotatable bonds is 6. The van der Waals surface area contributed by atoms with Crippen molar-refractivity contribution in [1.29, 1.82) is 0 Å². The van der Waals surface area contributed by atoms with Crippen LogP contribution in [0.25, 0.3) is 0 Å². The van der Waals surface area contributed by atoms with Gasteiger partial charge in [0, 0.05) is 12.5 Å². The van der Waals surface area contributed by atoms with E-state index >= 15 is 0 Å². The molecule has 0 radical (unpaired) electrons. The average molecular weight is 271 g/mol. The van der Waals surface area contributed by atoms with E-state index in [4.69, 9.17) is 10.8 Å². The van der Waals surface area contributed by atoms with Gasteiger partial charge in [0.25, 0.3) is 0 Å². The normalized spacial score (nSPS) is 12.2. The summed E-state index contributed by atoms with van der Waals surface area (Å²) in [5.74, 6) is -1.31. The van der Waals surface area contributed by atoms with E-state index in [1.165, 1.54) is 0 Å². The molecule has 1 atom stereocenters. The molecule has 6 nitrogen and oxygen atoms in total. The first-order chi connectivity index (χ1) is 8.49. The number of carboxylic acid groups (broad SMARTS) is 1. The number of carbonyl (C=O) groups excluding carboxylic acids is 1. The van der Waals surface area contributed by atoms with Gasteiger partial charge in [-0.15, -0.1) is 11.3 Å². The van der Waals surface area contributed by atoms with Crippen LogP contribution in [0.1, 0.15) is 33.7 Å². The van der Waals surface area contributed by atoms with Gasteiger partial charge in [0.2, 0.25) is 5.91 Å². The molecule has 1 aromatic heterocycles. The summed E-state index contributed by atoms with van der Waals surface area (Å²) in [6, 6.07) is 0. The maximum atomic E-state index is 11.7. The summed E-state index contributed by atoms with van der Waals surface area (Å²) < 4.78 is 0. The number of aryl methyl sites for hydroxylation is 1. The zero-order valence-corrected chi connectivity index (χ0v) is 11.2. The van der Waals surface area contributed by atoms with Crippen LogP contribution in [-0.2, 0) is 11.3 Å². The number of aromatic nitrogens is 1. The summed E-state index contributed by atoms with van der Waals surface area (Å²) in [6.07, 6.45) is 0.680. The van der Waals surface area contributed by atoms with Crippen molar-refractivity contribution in [3.63, 3.8) is 0 Å². The largest absolute Gasteiger partial charge is 0.477 e. The lowest BCUT2D eigenvalue weighted by Crippen LogP contribution is -2.34. The van der Waals surface area contributed by atoms with Gasteiger partial charge in [-0.05, 0) is 13.3 Å². The number of amides is 1. The molecule has 0 saturated carbocycles. The van der Waals surface area contributed by atoms with Crippen LogP contribution in [0, 0.1) is 12.8 Å². The van der Waals surface area contributed by atoms with Crippen LogP contribution in [0.15, 0.2) is 0 Å². The first kappa shape index (κ1) is 14.6. The molecule has 7 heteroatoms. The van der Waals surface area contributed by atoms with Crippen LogP contribution in [0.2, 0.25) is 0 Å². The predicted molar refractivity (Wildman–Crippen MR) is 68.5 cm³/mol. The minimum Gasteiger partial charge on any atom is -0.477 e. The second-order valence-electron chi connectivity index (χ2n) is 3.89. The number of nitrogens with two attached hydrogens (primary N) is 1. The lowest BCUT2D eigenvalue weighted by molar-refractivity contribution is -0.124. The molecule has 0 aliphatic carbocycles. The van der Waals surface area contributed by atoms with Crippen LogP contribution in [0.3, 0.4) is 0 Å². The summed E-state index contributed by atoms with van der Waals surface area (Å²) >= 11 is 1.08. The molecule has 0 fully saturated rings. The van der Waals surface area contributed by atoms with E-state index in [1.807, 2.05) is 6.92 Å². The van der Waals surface area contributed by atoms with Crippen molar-refractivity contribution in [2.75, 3.05) is 6.54 Å². The second-order valence-corrected chi connectivity index (χ2v) is 4.97. The summed E-state index contributed by atoms with van der Waals surface area (Å²) in [5, 5.41) is 12.2. The third-order valence-electron chi connectivity index (χ3n) is 2.60. The van der Waals surface area contributed by atoms with Crippen LogP contribution in [-0.4, -0.2) is 28.5 Å². The Morgan fingerprint density at radius 1 is 1.56 bits per heavy atom. The molecule has 1 rings (SSSR count). The van der Waals surface area contributed by atoms with Crippen molar-refractivity contribution >= 4 is 23.2 Å². The molecule has 1 unspecified atom stereocenters. The molecule has 4 N–H and O–H groups in total. The first-order valence-electron chi connectivity index (χ1n) is 5.66. The highest BCUT2D eigenvalue weighted by Crippen LogP contribution is 2.17. The van der Waals surface area contributed by atoms with Gasteiger partial charge in [0.1, 0.15) is 9.88 Å². The number of carboxylic acids is 1. The van der Waals surface area contributed by atoms with Gasteiger partial charge in [-0.2, -0.15) is 0 Å². The smallest absolute Gasteiger partial charge is 0.347 e. The van der Waals surface area contributed by atoms with Gasteiger partial charge in [0.05, 0.1) is 12.2 Å². The molecule has 0 aliphatic heterocycles. The molecule has 18 heavy (non-hydrogen) atoms. The lowest BCUT2D eigenvalue weighted by atomic mass is 10.1. The number of carbonyl (C=O) groups is 2. The molecule has 0 spiro atoms. The number of nitrogens with one attached hydrogen (secondary N) is 1. The van der Waals surface area contributed by atoms with Gasteiger partial charge in [0.15, 0.2) is 0 Å². The quantitative estimate of drug-likeness (QED) is 0.708. The number of nitrogens with zero attached hydrogens (tertiary/aromatic N) is 1. The molecular weight excluding hydrogens is 254 g/mol. The first-order valence-corrected chi connectivity index (χ1v) is 6.48. The highest BCUT2D eigenvalue weighted by Gasteiger charge is 2.17. The number of hydrogen-bond acceptors (Lipinski definition) is 5. The molecule has 1 heterocycles. The Bertz CT molecular complexity index is 441. The molecule has 1 amide bonds. The Morgan fingerprint density at radius 2 is 2.22 bits per heavy atom. The standard InChI is InChI=1S/C11H17N3O3S/c1-3-7(4-12)10(15)13-5-8-14-6(2)9(18-8)11(16)17/h7H,3-5,12H2,1-2H3,(H,13,15)(H,16,17). The van der Waals surface area contributed by atoms with E-state index in [-0.39, 0.29) is 23.2 Å². The van der Waals surface area contributed by atoms with Crippen LogP contribution in [0.5, 0.6) is 0 Å². The predicted octanol–water partition coefficient (Wildman–Crippen LogP) is 0.751. The van der Waals surface area contributed by atoms with E-state index in [0.717, 1.165) is 11.3 Å². The van der Waals surface area contributed by atoms with Crippen molar-refractivity contribution in [3.8, 4) is 0 Å². The lowest BCUT2D eigenvalue weighted by Gasteiger charge is -2.11. The van der Waals surface area contributed by atoms with Crippen LogP contribution >= 0.6 is 11.3 Å². The molecular formula is C11H17N3O3S. The van der Waals surface area contributed by atoms with E-state index in [9.17, 15) is 9.59 Å². The zero-order chi connectivity index (χ0) is 13.7. The molecule has 1 aromatic rings.